The summed E-state index contributed by atoms with van der Waals surface area (Å²) in [6.45, 7) is 0. The third-order valence-electron chi connectivity index (χ3n) is 1.91. The van der Waals surface area contributed by atoms with E-state index in [0.29, 0.717) is 0 Å². The molecule has 2 rings (SSSR count). The summed E-state index contributed by atoms with van der Waals surface area (Å²) < 4.78 is 25.9. The van der Waals surface area contributed by atoms with Gasteiger partial charge in [-0.25, -0.2) is 8.78 Å². The highest BCUT2D eigenvalue weighted by Crippen LogP contribution is 2.34. The van der Waals surface area contributed by atoms with Crippen LogP contribution in [0.1, 0.15) is 11.7 Å². The summed E-state index contributed by atoms with van der Waals surface area (Å²) in [6.07, 6.45) is -1.61. The molecular weight excluding hydrogens is 180 g/mol. The minimum atomic E-state index is -1.61. The monoisotopic (exact) mass is 185 g/mol. The molecule has 1 unspecified atom stereocenters. The molecule has 0 radical (unpaired) electrons. The van der Waals surface area contributed by atoms with Crippen LogP contribution in [0.4, 0.5) is 14.5 Å². The Balaban J connectivity index is 2.68. The van der Waals surface area contributed by atoms with E-state index in [-0.39, 0.29) is 11.3 Å². The van der Waals surface area contributed by atoms with Crippen LogP contribution in [-0.2, 0) is 4.79 Å². The number of aliphatic hydroxyl groups is 1. The Labute approximate surface area is 72.0 Å². The van der Waals surface area contributed by atoms with Gasteiger partial charge in [0.05, 0.1) is 11.3 Å². The van der Waals surface area contributed by atoms with Gasteiger partial charge >= 0.3 is 0 Å². The van der Waals surface area contributed by atoms with E-state index in [1.54, 1.807) is 0 Å². The summed E-state index contributed by atoms with van der Waals surface area (Å²) in [4.78, 5) is 10.8. The zero-order chi connectivity index (χ0) is 9.59. The van der Waals surface area contributed by atoms with Gasteiger partial charge in [-0.2, -0.15) is 0 Å². The molecule has 3 nitrogen and oxygen atoms in total. The lowest BCUT2D eigenvalue weighted by atomic mass is 10.1. The van der Waals surface area contributed by atoms with Crippen LogP contribution >= 0.6 is 0 Å². The Morgan fingerprint density at radius 3 is 2.54 bits per heavy atom. The summed E-state index contributed by atoms with van der Waals surface area (Å²) in [6, 6.07) is 1.77. The number of aliphatic hydroxyl groups excluding tert-OH is 1. The Hall–Kier alpha value is -1.49. The highest BCUT2D eigenvalue weighted by atomic mass is 19.1. The van der Waals surface area contributed by atoms with Gasteiger partial charge in [-0.1, -0.05) is 0 Å². The topological polar surface area (TPSA) is 49.3 Å². The number of amides is 1. The van der Waals surface area contributed by atoms with Crippen LogP contribution in [-0.4, -0.2) is 11.0 Å². The second-order valence-electron chi connectivity index (χ2n) is 2.71. The van der Waals surface area contributed by atoms with Crippen molar-refractivity contribution in [3.63, 3.8) is 0 Å². The lowest BCUT2D eigenvalue weighted by Crippen LogP contribution is -2.11. The van der Waals surface area contributed by atoms with Crippen LogP contribution in [0.5, 0.6) is 0 Å². The van der Waals surface area contributed by atoms with Crippen molar-refractivity contribution in [1.82, 2.24) is 0 Å². The lowest BCUT2D eigenvalue weighted by Gasteiger charge is -2.01. The summed E-state index contributed by atoms with van der Waals surface area (Å²) >= 11 is 0. The maximum atomic E-state index is 13.0. The van der Waals surface area contributed by atoms with E-state index in [0.717, 1.165) is 12.1 Å². The van der Waals surface area contributed by atoms with Crippen molar-refractivity contribution in [3.05, 3.63) is 29.3 Å². The molecule has 1 aliphatic heterocycles. The van der Waals surface area contributed by atoms with Gasteiger partial charge in [-0.05, 0) is 12.1 Å². The maximum absolute atomic E-state index is 13.0. The molecule has 1 aromatic carbocycles. The fraction of sp³-hybridized carbons (Fsp3) is 0.125. The van der Waals surface area contributed by atoms with E-state index < -0.39 is 23.6 Å². The summed E-state index contributed by atoms with van der Waals surface area (Å²) in [5, 5.41) is 11.2. The Morgan fingerprint density at radius 1 is 1.31 bits per heavy atom. The predicted octanol–water partition coefficient (Wildman–Crippen LogP) is 0.950. The van der Waals surface area contributed by atoms with Crippen molar-refractivity contribution in [2.24, 2.45) is 0 Å². The molecule has 1 aliphatic rings. The number of hydrogen-bond donors (Lipinski definition) is 2. The fourth-order valence-electron chi connectivity index (χ4n) is 1.28. The molecule has 2 N–H and O–H groups in total. The van der Waals surface area contributed by atoms with Gasteiger partial charge in [0.15, 0.2) is 6.10 Å². The van der Waals surface area contributed by atoms with Crippen molar-refractivity contribution in [1.29, 1.82) is 0 Å². The summed E-state index contributed by atoms with van der Waals surface area (Å²) in [5.74, 6) is -2.34. The SMILES string of the molecule is O=C1Nc2c(F)ccc(F)c2C1O. The van der Waals surface area contributed by atoms with Gasteiger partial charge in [0, 0.05) is 0 Å². The van der Waals surface area contributed by atoms with Crippen molar-refractivity contribution in [2.75, 3.05) is 5.32 Å². The maximum Gasteiger partial charge on any atom is 0.258 e. The number of carbonyl (C=O) groups is 1. The number of nitrogens with one attached hydrogen (secondary N) is 1. The molecular formula is C8H5F2NO2. The first-order valence-electron chi connectivity index (χ1n) is 3.58. The predicted molar refractivity (Wildman–Crippen MR) is 39.9 cm³/mol. The van der Waals surface area contributed by atoms with E-state index in [1.165, 1.54) is 0 Å². The van der Waals surface area contributed by atoms with Gasteiger partial charge < -0.3 is 10.4 Å². The molecule has 68 valence electrons. The first-order valence-corrected chi connectivity index (χ1v) is 3.58. The first kappa shape index (κ1) is 8.12. The minimum Gasteiger partial charge on any atom is -0.378 e. The number of benzene rings is 1. The standard InChI is InChI=1S/C8H5F2NO2/c9-3-1-2-4(10)6-5(3)7(12)8(13)11-6/h1-2,7,12H,(H,11,13). The van der Waals surface area contributed by atoms with Crippen molar-refractivity contribution < 1.29 is 18.7 Å². The molecule has 0 spiro atoms. The number of anilines is 1. The van der Waals surface area contributed by atoms with E-state index in [4.69, 9.17) is 5.11 Å². The molecule has 13 heavy (non-hydrogen) atoms. The molecule has 1 atom stereocenters. The van der Waals surface area contributed by atoms with Crippen LogP contribution in [0.2, 0.25) is 0 Å². The second-order valence-corrected chi connectivity index (χ2v) is 2.71. The molecule has 5 heteroatoms. The highest BCUT2D eigenvalue weighted by molar-refractivity contribution is 6.01. The van der Waals surface area contributed by atoms with Gasteiger partial charge in [0.25, 0.3) is 5.91 Å². The zero-order valence-corrected chi connectivity index (χ0v) is 6.34. The second kappa shape index (κ2) is 2.50. The Bertz CT molecular complexity index is 392. The average molecular weight is 185 g/mol. The minimum absolute atomic E-state index is 0.266. The smallest absolute Gasteiger partial charge is 0.258 e. The van der Waals surface area contributed by atoms with Gasteiger partial charge in [-0.15, -0.1) is 0 Å². The van der Waals surface area contributed by atoms with E-state index in [9.17, 15) is 13.6 Å². The number of halogens is 2. The number of hydrogen-bond acceptors (Lipinski definition) is 2. The normalized spacial score (nSPS) is 19.9. The summed E-state index contributed by atoms with van der Waals surface area (Å²) in [7, 11) is 0. The van der Waals surface area contributed by atoms with Crippen LogP contribution in [0.25, 0.3) is 0 Å². The van der Waals surface area contributed by atoms with Gasteiger partial charge in [0.2, 0.25) is 0 Å². The zero-order valence-electron chi connectivity index (χ0n) is 6.34. The molecule has 1 amide bonds. The Morgan fingerprint density at radius 2 is 1.92 bits per heavy atom. The molecule has 0 aliphatic carbocycles. The fourth-order valence-corrected chi connectivity index (χ4v) is 1.28. The lowest BCUT2D eigenvalue weighted by molar-refractivity contribution is -0.123. The van der Waals surface area contributed by atoms with Crippen molar-refractivity contribution in [3.8, 4) is 0 Å². The average Bonchev–Trinajstić information content (AvgIpc) is 2.38. The highest BCUT2D eigenvalue weighted by Gasteiger charge is 2.33. The molecule has 0 aromatic heterocycles. The number of rotatable bonds is 0. The Kier molecular flexibility index (Phi) is 1.56. The third kappa shape index (κ3) is 1.01. The van der Waals surface area contributed by atoms with E-state index in [1.807, 2.05) is 0 Å². The van der Waals surface area contributed by atoms with Crippen molar-refractivity contribution in [2.45, 2.75) is 6.10 Å². The van der Waals surface area contributed by atoms with Crippen LogP contribution < -0.4 is 5.32 Å². The molecule has 1 heterocycles. The molecule has 0 bridgehead atoms. The largest absolute Gasteiger partial charge is 0.378 e. The first-order chi connectivity index (χ1) is 6.11. The van der Waals surface area contributed by atoms with Gasteiger partial charge in [-0.3, -0.25) is 4.79 Å². The number of carbonyl (C=O) groups excluding carboxylic acids is 1. The molecule has 0 saturated carbocycles. The van der Waals surface area contributed by atoms with E-state index >= 15 is 0 Å². The van der Waals surface area contributed by atoms with Crippen LogP contribution in [0, 0.1) is 11.6 Å². The van der Waals surface area contributed by atoms with Crippen LogP contribution in [0.15, 0.2) is 12.1 Å². The van der Waals surface area contributed by atoms with E-state index in [2.05, 4.69) is 5.32 Å². The van der Waals surface area contributed by atoms with Crippen LogP contribution in [0.3, 0.4) is 0 Å². The molecule has 0 fully saturated rings. The molecule has 0 saturated heterocycles. The van der Waals surface area contributed by atoms with Gasteiger partial charge in [0.1, 0.15) is 11.6 Å². The quantitative estimate of drug-likeness (QED) is 0.632. The third-order valence-corrected chi connectivity index (χ3v) is 1.91. The van der Waals surface area contributed by atoms with Crippen molar-refractivity contribution >= 4 is 11.6 Å². The number of fused-ring (bicyclic) bond motifs is 1. The summed E-state index contributed by atoms with van der Waals surface area (Å²) in [5.41, 5.74) is -0.581. The molecule has 1 aromatic rings.